The lowest BCUT2D eigenvalue weighted by Gasteiger charge is -2.27. The van der Waals surface area contributed by atoms with Crippen LogP contribution in [0, 0.1) is 5.82 Å². The van der Waals surface area contributed by atoms with Crippen molar-refractivity contribution in [2.24, 2.45) is 5.10 Å². The first-order chi connectivity index (χ1) is 16.2. The Bertz CT molecular complexity index is 1270. The normalized spacial score (nSPS) is 14.0. The van der Waals surface area contributed by atoms with Crippen LogP contribution >= 0.6 is 0 Å². The predicted octanol–water partition coefficient (Wildman–Crippen LogP) is 4.19. The number of benzene rings is 3. The third-order valence-electron chi connectivity index (χ3n) is 5.21. The molecule has 1 aromatic heterocycles. The van der Waals surface area contributed by atoms with Crippen molar-refractivity contribution in [3.05, 3.63) is 78.1 Å². The summed E-state index contributed by atoms with van der Waals surface area (Å²) in [6, 6.07) is 20.2. The lowest BCUT2D eigenvalue weighted by Crippen LogP contribution is -2.37. The van der Waals surface area contributed by atoms with Gasteiger partial charge in [0.2, 0.25) is 17.8 Å². The van der Waals surface area contributed by atoms with Crippen molar-refractivity contribution < 1.29 is 9.13 Å². The first kappa shape index (κ1) is 20.8. The molecule has 33 heavy (non-hydrogen) atoms. The van der Waals surface area contributed by atoms with Gasteiger partial charge in [-0.15, -0.1) is 0 Å². The molecule has 8 nitrogen and oxygen atoms in total. The molecule has 0 spiro atoms. The second-order valence-electron chi connectivity index (χ2n) is 7.45. The van der Waals surface area contributed by atoms with Gasteiger partial charge in [-0.1, -0.05) is 42.5 Å². The van der Waals surface area contributed by atoms with Crippen LogP contribution in [0.4, 0.5) is 27.9 Å². The minimum atomic E-state index is -0.310. The van der Waals surface area contributed by atoms with Crippen molar-refractivity contribution in [2.45, 2.75) is 0 Å². The Hall–Kier alpha value is -4.11. The highest BCUT2D eigenvalue weighted by molar-refractivity contribution is 5.99. The van der Waals surface area contributed by atoms with Crippen LogP contribution in [0.2, 0.25) is 0 Å². The molecule has 0 atom stereocenters. The van der Waals surface area contributed by atoms with Gasteiger partial charge in [-0.2, -0.15) is 20.1 Å². The monoisotopic (exact) mass is 443 g/mol. The van der Waals surface area contributed by atoms with Crippen LogP contribution in [0.25, 0.3) is 10.8 Å². The molecule has 2 N–H and O–H groups in total. The average molecular weight is 443 g/mol. The molecule has 0 amide bonds. The Morgan fingerprint density at radius 2 is 1.64 bits per heavy atom. The summed E-state index contributed by atoms with van der Waals surface area (Å²) in [5.41, 5.74) is 4.57. The molecule has 1 saturated heterocycles. The first-order valence-electron chi connectivity index (χ1n) is 10.6. The van der Waals surface area contributed by atoms with Crippen LogP contribution in [-0.4, -0.2) is 47.5 Å². The molecule has 1 aliphatic rings. The molecule has 9 heteroatoms. The number of aromatic nitrogens is 3. The van der Waals surface area contributed by atoms with Crippen LogP contribution < -0.4 is 15.6 Å². The van der Waals surface area contributed by atoms with Gasteiger partial charge >= 0.3 is 0 Å². The van der Waals surface area contributed by atoms with Gasteiger partial charge in [0.25, 0.3) is 0 Å². The van der Waals surface area contributed by atoms with Crippen molar-refractivity contribution in [1.82, 2.24) is 15.0 Å². The van der Waals surface area contributed by atoms with Crippen LogP contribution in [0.5, 0.6) is 0 Å². The number of hydrogen-bond donors (Lipinski definition) is 2. The van der Waals surface area contributed by atoms with Gasteiger partial charge < -0.3 is 15.0 Å². The Kier molecular flexibility index (Phi) is 6.03. The number of halogens is 1. The SMILES string of the molecule is Fc1ccc(Nc2nc(N/N=C/c3cccc4ccccc34)nc(N3CCOCC3)n2)cc1. The zero-order chi connectivity index (χ0) is 22.5. The van der Waals surface area contributed by atoms with Crippen LogP contribution in [0.3, 0.4) is 0 Å². The second kappa shape index (κ2) is 9.58. The van der Waals surface area contributed by atoms with E-state index in [1.165, 1.54) is 12.1 Å². The Balaban J connectivity index is 1.41. The van der Waals surface area contributed by atoms with E-state index in [4.69, 9.17) is 4.74 Å². The summed E-state index contributed by atoms with van der Waals surface area (Å²) in [7, 11) is 0. The number of morpholine rings is 1. The fourth-order valence-corrected chi connectivity index (χ4v) is 3.56. The van der Waals surface area contributed by atoms with Crippen molar-refractivity contribution in [3.8, 4) is 0 Å². The topological polar surface area (TPSA) is 87.6 Å². The average Bonchev–Trinajstić information content (AvgIpc) is 2.86. The molecular weight excluding hydrogens is 421 g/mol. The summed E-state index contributed by atoms with van der Waals surface area (Å²) in [6.07, 6.45) is 1.74. The number of hydrogen-bond acceptors (Lipinski definition) is 8. The van der Waals surface area contributed by atoms with Gasteiger partial charge in [-0.25, -0.2) is 9.82 Å². The molecule has 0 bridgehead atoms. The minimum Gasteiger partial charge on any atom is -0.378 e. The largest absolute Gasteiger partial charge is 0.378 e. The molecule has 4 aromatic rings. The smallest absolute Gasteiger partial charge is 0.250 e. The van der Waals surface area contributed by atoms with E-state index in [0.29, 0.717) is 49.8 Å². The lowest BCUT2D eigenvalue weighted by atomic mass is 10.1. The van der Waals surface area contributed by atoms with Crippen molar-refractivity contribution in [1.29, 1.82) is 0 Å². The van der Waals surface area contributed by atoms with Gasteiger partial charge in [0, 0.05) is 24.3 Å². The van der Waals surface area contributed by atoms with E-state index in [-0.39, 0.29) is 5.82 Å². The standard InChI is InChI=1S/C24H22FN7O/c25-19-8-10-20(11-9-19)27-22-28-23(30-24(29-22)32-12-14-33-15-13-32)31-26-16-18-6-3-5-17-4-1-2-7-21(17)18/h1-11,16H,12-15H2,(H2,27,28,29,30,31)/b26-16+. The number of ether oxygens (including phenoxy) is 1. The number of fused-ring (bicyclic) bond motifs is 1. The molecule has 3 aromatic carbocycles. The fraction of sp³-hybridized carbons (Fsp3) is 0.167. The van der Waals surface area contributed by atoms with Gasteiger partial charge in [-0.05, 0) is 35.0 Å². The highest BCUT2D eigenvalue weighted by Gasteiger charge is 2.16. The van der Waals surface area contributed by atoms with Crippen LogP contribution in [0.15, 0.2) is 71.8 Å². The molecule has 0 unspecified atom stereocenters. The molecule has 0 aliphatic carbocycles. The summed E-state index contributed by atoms with van der Waals surface area (Å²) >= 11 is 0. The first-order valence-corrected chi connectivity index (χ1v) is 10.6. The molecule has 0 radical (unpaired) electrons. The molecular formula is C24H22FN7O. The number of nitrogens with one attached hydrogen (secondary N) is 2. The summed E-state index contributed by atoms with van der Waals surface area (Å²) in [4.78, 5) is 15.5. The summed E-state index contributed by atoms with van der Waals surface area (Å²) < 4.78 is 18.7. The van der Waals surface area contributed by atoms with Gasteiger partial charge in [0.15, 0.2) is 0 Å². The minimum absolute atomic E-state index is 0.299. The molecule has 0 saturated carbocycles. The van der Waals surface area contributed by atoms with Gasteiger partial charge in [0.1, 0.15) is 5.82 Å². The van der Waals surface area contributed by atoms with E-state index >= 15 is 0 Å². The lowest BCUT2D eigenvalue weighted by molar-refractivity contribution is 0.122. The van der Waals surface area contributed by atoms with E-state index in [2.05, 4.69) is 49.0 Å². The number of hydrazone groups is 1. The number of rotatable bonds is 6. The quantitative estimate of drug-likeness (QED) is 0.341. The Morgan fingerprint density at radius 3 is 2.48 bits per heavy atom. The van der Waals surface area contributed by atoms with Crippen LogP contribution in [0.1, 0.15) is 5.56 Å². The van der Waals surface area contributed by atoms with Crippen molar-refractivity contribution in [2.75, 3.05) is 41.9 Å². The van der Waals surface area contributed by atoms with Crippen molar-refractivity contribution >= 4 is 40.5 Å². The molecule has 5 rings (SSSR count). The highest BCUT2D eigenvalue weighted by atomic mass is 19.1. The zero-order valence-corrected chi connectivity index (χ0v) is 17.8. The maximum absolute atomic E-state index is 13.3. The fourth-order valence-electron chi connectivity index (χ4n) is 3.56. The number of nitrogens with zero attached hydrogens (tertiary/aromatic N) is 5. The third kappa shape index (κ3) is 5.04. The summed E-state index contributed by atoms with van der Waals surface area (Å²) in [5, 5.41) is 9.71. The maximum atomic E-state index is 13.3. The van der Waals surface area contributed by atoms with E-state index in [0.717, 1.165) is 16.3 Å². The molecule has 1 aliphatic heterocycles. The second-order valence-corrected chi connectivity index (χ2v) is 7.45. The molecule has 1 fully saturated rings. The van der Waals surface area contributed by atoms with Crippen LogP contribution in [-0.2, 0) is 4.74 Å². The Labute approximate surface area is 190 Å². The third-order valence-corrected chi connectivity index (χ3v) is 5.21. The van der Waals surface area contributed by atoms with E-state index in [1.807, 2.05) is 29.2 Å². The highest BCUT2D eigenvalue weighted by Crippen LogP contribution is 2.20. The molecule has 2 heterocycles. The number of anilines is 4. The maximum Gasteiger partial charge on any atom is 0.250 e. The van der Waals surface area contributed by atoms with E-state index in [1.54, 1.807) is 18.3 Å². The predicted molar refractivity (Wildman–Crippen MR) is 128 cm³/mol. The van der Waals surface area contributed by atoms with Gasteiger partial charge in [0.05, 0.1) is 19.4 Å². The van der Waals surface area contributed by atoms with E-state index in [9.17, 15) is 4.39 Å². The molecule has 166 valence electrons. The van der Waals surface area contributed by atoms with E-state index < -0.39 is 0 Å². The Morgan fingerprint density at radius 1 is 0.879 bits per heavy atom. The summed E-state index contributed by atoms with van der Waals surface area (Å²) in [5.74, 6) is 0.838. The zero-order valence-electron chi connectivity index (χ0n) is 17.8. The summed E-state index contributed by atoms with van der Waals surface area (Å²) in [6.45, 7) is 2.57. The van der Waals surface area contributed by atoms with Crippen molar-refractivity contribution in [3.63, 3.8) is 0 Å². The van der Waals surface area contributed by atoms with Gasteiger partial charge in [-0.3, -0.25) is 0 Å².